The molecule has 2 saturated heterocycles. The van der Waals surface area contributed by atoms with Gasteiger partial charge in [0.2, 0.25) is 23.6 Å². The van der Waals surface area contributed by atoms with Crippen molar-refractivity contribution >= 4 is 81.5 Å². The Hall–Kier alpha value is -6.74. The maximum Gasteiger partial charge on any atom is 0.276 e. The molecular formula is C61H77Cl2FN10O8S. The zero-order chi connectivity index (χ0) is 60.1. The second kappa shape index (κ2) is 29.2. The fourth-order valence-corrected chi connectivity index (χ4v) is 12.2. The normalized spacial score (nSPS) is 17.9. The highest BCUT2D eigenvalue weighted by atomic mass is 35.5. The van der Waals surface area contributed by atoms with E-state index in [0.29, 0.717) is 37.2 Å². The first-order valence-corrected chi connectivity index (χ1v) is 30.1. The number of hydrogen-bond donors (Lipinski definition) is 5. The molecule has 2 aliphatic rings. The summed E-state index contributed by atoms with van der Waals surface area (Å²) in [6.07, 6.45) is 7.55. The third kappa shape index (κ3) is 17.0. The lowest BCUT2D eigenvalue weighted by atomic mass is 9.85. The molecule has 2 aliphatic heterocycles. The number of unbranched alkanes of at least 4 members (excludes halogenated alkanes) is 8. The molecule has 4 heterocycles. The molecule has 18 nitrogen and oxygen atoms in total. The number of aliphatic hydroxyl groups is 1. The number of halogens is 3. The number of aryl methyl sites for hydroxylation is 1. The summed E-state index contributed by atoms with van der Waals surface area (Å²) in [4.78, 5) is 91.6. The summed E-state index contributed by atoms with van der Waals surface area (Å²) >= 11 is 14.0. The number of carbonyl (C=O) groups is 6. The Balaban J connectivity index is 0.752. The number of carbonyl (C=O) groups excluding carboxylic acids is 6. The lowest BCUT2D eigenvalue weighted by Crippen LogP contribution is -2.59. The predicted octanol–water partition coefficient (Wildman–Crippen LogP) is 10.5. The summed E-state index contributed by atoms with van der Waals surface area (Å²) in [6.45, 7) is 14.2. The Labute approximate surface area is 499 Å². The SMILES string of the molecule is Cc1ncsc1-c1ccc(CNC(=O)[C@@H]2C[C@@H](O)CN2C(=O)C(NC(=O)CCCCCCCCCCCC(=O)N2[C@H](C)CN(C(=O)c3ccc(NC(=O)c4cc(O[C@H](C)c5c(Cl)ccc(F)c5Cl)c(N)nn4)cc3)C[C@@H]2C)C(C)(C)C)cc1. The molecule has 5 aromatic rings. The highest BCUT2D eigenvalue weighted by molar-refractivity contribution is 7.13. The summed E-state index contributed by atoms with van der Waals surface area (Å²) in [6, 6.07) is 16.1. The van der Waals surface area contributed by atoms with Gasteiger partial charge in [0.25, 0.3) is 11.8 Å². The molecule has 6 amide bonds. The number of nitrogens with zero attached hydrogens (tertiary/aromatic N) is 6. The van der Waals surface area contributed by atoms with E-state index in [1.54, 1.807) is 47.4 Å². The van der Waals surface area contributed by atoms with Crippen LogP contribution < -0.4 is 26.4 Å². The third-order valence-corrected chi connectivity index (χ3v) is 16.9. The van der Waals surface area contributed by atoms with E-state index < -0.39 is 41.4 Å². The van der Waals surface area contributed by atoms with Gasteiger partial charge >= 0.3 is 0 Å². The predicted molar refractivity (Wildman–Crippen MR) is 320 cm³/mol. The van der Waals surface area contributed by atoms with Crippen LogP contribution >= 0.6 is 34.5 Å². The van der Waals surface area contributed by atoms with Crippen LogP contribution in [-0.4, -0.2) is 120 Å². The van der Waals surface area contributed by atoms with Crippen LogP contribution in [0.15, 0.2) is 72.2 Å². The van der Waals surface area contributed by atoms with Crippen molar-refractivity contribution < 1.29 is 43.0 Å². The molecule has 1 unspecified atom stereocenters. The quantitative estimate of drug-likeness (QED) is 0.0286. The van der Waals surface area contributed by atoms with E-state index in [9.17, 15) is 38.3 Å². The van der Waals surface area contributed by atoms with Gasteiger partial charge in [-0.1, -0.05) is 113 Å². The first-order valence-electron chi connectivity index (χ1n) is 28.5. The topological polar surface area (TPSA) is 242 Å². The third-order valence-electron chi connectivity index (χ3n) is 15.2. The number of thiazole rings is 1. The lowest BCUT2D eigenvalue weighted by Gasteiger charge is -2.44. The van der Waals surface area contributed by atoms with Gasteiger partial charge in [-0.05, 0) is 93.5 Å². The van der Waals surface area contributed by atoms with Crippen LogP contribution in [0.2, 0.25) is 10.0 Å². The van der Waals surface area contributed by atoms with E-state index >= 15 is 0 Å². The van der Waals surface area contributed by atoms with Crippen molar-refractivity contribution in [3.63, 3.8) is 0 Å². The average Bonchev–Trinajstić information content (AvgIpc) is 4.23. The number of rotatable bonds is 24. The maximum absolute atomic E-state index is 14.2. The number of piperazine rings is 1. The molecule has 0 spiro atoms. The number of β-amino-alcohol motifs (C(OH)–C–C–N with tert-alkyl or cyclic N) is 1. The standard InChI is InChI=1S/C61H77Cl2FN10O8S/c1-36-32-72(59(80)42-23-25-43(26-24-42)68-57(78)47-30-49(56(65)71-70-47)82-39(4)52-45(62)27-28-46(64)53(52)63)33-37(2)74(36)51(77)18-16-14-12-10-8-9-11-13-15-17-50(76)69-55(61(5,6)7)60(81)73-34-44(75)29-48(73)58(79)66-31-40-19-21-41(22-20-40)54-38(3)67-35-83-54/h19-28,30,35-37,39,44,48,55,75H,8-18,29,31-34H2,1-7H3,(H2,65,71)(H,66,79)(H,68,78)(H,69,76)/t36-,37+,39-,44-,48+,55?/m1/s1. The number of likely N-dealkylation sites (tertiary alicyclic amines) is 1. The van der Waals surface area contributed by atoms with Crippen LogP contribution in [0.3, 0.4) is 0 Å². The van der Waals surface area contributed by atoms with Crippen molar-refractivity contribution in [2.45, 2.75) is 168 Å². The van der Waals surface area contributed by atoms with E-state index in [4.69, 9.17) is 33.7 Å². The molecule has 83 heavy (non-hydrogen) atoms. The molecule has 2 aromatic heterocycles. The minimum absolute atomic E-state index is 0.0125. The molecule has 0 saturated carbocycles. The number of nitrogen functional groups attached to an aromatic ring is 1. The Bertz CT molecular complexity index is 3080. The number of amides is 6. The summed E-state index contributed by atoms with van der Waals surface area (Å²) < 4.78 is 20.1. The van der Waals surface area contributed by atoms with Crippen molar-refractivity contribution in [3.05, 3.63) is 116 Å². The summed E-state index contributed by atoms with van der Waals surface area (Å²) in [5, 5.41) is 27.0. The molecule has 22 heteroatoms. The molecule has 6 N–H and O–H groups in total. The largest absolute Gasteiger partial charge is 0.482 e. The monoisotopic (exact) mass is 1200 g/mol. The van der Waals surface area contributed by atoms with E-state index in [1.807, 2.05) is 76.2 Å². The lowest BCUT2D eigenvalue weighted by molar-refractivity contribution is -0.144. The molecule has 6 atom stereocenters. The highest BCUT2D eigenvalue weighted by Crippen LogP contribution is 2.36. The van der Waals surface area contributed by atoms with Gasteiger partial charge in [0.1, 0.15) is 24.0 Å². The van der Waals surface area contributed by atoms with Crippen molar-refractivity contribution in [2.75, 3.05) is 30.7 Å². The van der Waals surface area contributed by atoms with Crippen LogP contribution in [0.5, 0.6) is 5.75 Å². The number of aliphatic hydroxyl groups excluding tert-OH is 1. The number of benzene rings is 3. The van der Waals surface area contributed by atoms with Gasteiger partial charge in [0.05, 0.1) is 27.2 Å². The number of nitrogens with one attached hydrogen (secondary N) is 3. The van der Waals surface area contributed by atoms with Crippen molar-refractivity contribution in [3.8, 4) is 16.2 Å². The first kappa shape index (κ1) is 63.8. The maximum atomic E-state index is 14.2. The molecule has 7 rings (SSSR count). The van der Waals surface area contributed by atoms with Gasteiger partial charge in [0, 0.05) is 85.4 Å². The highest BCUT2D eigenvalue weighted by Gasteiger charge is 2.44. The minimum Gasteiger partial charge on any atom is -0.482 e. The molecule has 3 aromatic carbocycles. The van der Waals surface area contributed by atoms with Gasteiger partial charge in [-0.25, -0.2) is 9.37 Å². The number of hydrogen-bond acceptors (Lipinski definition) is 13. The van der Waals surface area contributed by atoms with E-state index in [-0.39, 0.29) is 100 Å². The summed E-state index contributed by atoms with van der Waals surface area (Å²) in [5.74, 6) is -2.44. The second-order valence-corrected chi connectivity index (χ2v) is 24.5. The number of nitrogens with two attached hydrogens (primary N) is 1. The number of ether oxygens (including phenoxy) is 1. The van der Waals surface area contributed by atoms with E-state index in [1.165, 1.54) is 17.0 Å². The zero-order valence-corrected chi connectivity index (χ0v) is 50.6. The van der Waals surface area contributed by atoms with Crippen molar-refractivity contribution in [1.82, 2.24) is 40.5 Å². The van der Waals surface area contributed by atoms with Gasteiger partial charge in [-0.3, -0.25) is 28.8 Å². The Morgan fingerprint density at radius 2 is 1.48 bits per heavy atom. The fourth-order valence-electron chi connectivity index (χ4n) is 10.7. The first-order chi connectivity index (χ1) is 39.5. The van der Waals surface area contributed by atoms with Gasteiger partial charge in [-0.2, -0.15) is 0 Å². The van der Waals surface area contributed by atoms with E-state index in [2.05, 4.69) is 31.1 Å². The van der Waals surface area contributed by atoms with Crippen LogP contribution in [0.25, 0.3) is 10.4 Å². The fraction of sp³-hybridized carbons (Fsp3) is 0.492. The average molecular weight is 1200 g/mol. The molecular weight excluding hydrogens is 1120 g/mol. The van der Waals surface area contributed by atoms with Gasteiger partial charge in [-0.15, -0.1) is 21.5 Å². The number of anilines is 2. The Kier molecular flexibility index (Phi) is 22.4. The molecule has 0 aliphatic carbocycles. The Morgan fingerprint density at radius 1 is 0.855 bits per heavy atom. The van der Waals surface area contributed by atoms with Crippen LogP contribution in [0.4, 0.5) is 15.9 Å². The molecule has 446 valence electrons. The van der Waals surface area contributed by atoms with Crippen molar-refractivity contribution in [1.29, 1.82) is 0 Å². The number of aromatic nitrogens is 3. The smallest absolute Gasteiger partial charge is 0.276 e. The molecule has 2 fully saturated rings. The zero-order valence-electron chi connectivity index (χ0n) is 48.3. The molecule has 0 bridgehead atoms. The van der Waals surface area contributed by atoms with Crippen molar-refractivity contribution in [2.24, 2.45) is 5.41 Å². The summed E-state index contributed by atoms with van der Waals surface area (Å²) in [7, 11) is 0. The van der Waals surface area contributed by atoms with Gasteiger partial charge < -0.3 is 46.2 Å². The van der Waals surface area contributed by atoms with Crippen LogP contribution in [0, 0.1) is 18.2 Å². The summed E-state index contributed by atoms with van der Waals surface area (Å²) in [5.41, 5.74) is 11.0. The molecule has 0 radical (unpaired) electrons. The van der Waals surface area contributed by atoms with Crippen LogP contribution in [0.1, 0.15) is 162 Å². The minimum atomic E-state index is -0.876. The Morgan fingerprint density at radius 3 is 2.10 bits per heavy atom. The van der Waals surface area contributed by atoms with E-state index in [0.717, 1.165) is 79.1 Å². The van der Waals surface area contributed by atoms with Gasteiger partial charge in [0.15, 0.2) is 17.3 Å². The van der Waals surface area contributed by atoms with Crippen LogP contribution in [-0.2, 0) is 25.7 Å². The second-order valence-electron chi connectivity index (χ2n) is 22.9.